The van der Waals surface area contributed by atoms with Crippen LogP contribution >= 0.6 is 11.3 Å². The molecule has 0 saturated carbocycles. The van der Waals surface area contributed by atoms with Gasteiger partial charge in [0.1, 0.15) is 18.5 Å². The Morgan fingerprint density at radius 2 is 1.91 bits per heavy atom. The summed E-state index contributed by atoms with van der Waals surface area (Å²) in [6.45, 7) is 5.40. The summed E-state index contributed by atoms with van der Waals surface area (Å²) in [7, 11) is 0. The first-order valence-corrected chi connectivity index (χ1v) is 8.88. The monoisotopic (exact) mass is 326 g/mol. The Balaban J connectivity index is 1.35. The number of thiophene rings is 1. The number of anilines is 1. The van der Waals surface area contributed by atoms with Crippen molar-refractivity contribution in [3.63, 3.8) is 0 Å². The van der Waals surface area contributed by atoms with Gasteiger partial charge in [0, 0.05) is 5.69 Å². The molecule has 4 nitrogen and oxygen atoms in total. The molecule has 0 aliphatic carbocycles. The summed E-state index contributed by atoms with van der Waals surface area (Å²) >= 11 is 1.66. The number of piperazine rings is 1. The lowest BCUT2D eigenvalue weighted by molar-refractivity contribution is -0.914. The number of oxazole rings is 1. The molecule has 1 aliphatic heterocycles. The average molecular weight is 326 g/mol. The molecule has 0 radical (unpaired) electrons. The number of rotatable bonds is 4. The van der Waals surface area contributed by atoms with Crippen LogP contribution in [-0.2, 0) is 6.54 Å². The molecule has 4 rings (SSSR count). The van der Waals surface area contributed by atoms with E-state index in [1.807, 2.05) is 23.8 Å². The summed E-state index contributed by atoms with van der Waals surface area (Å²) < 4.78 is 5.62. The first kappa shape index (κ1) is 14.5. The highest BCUT2D eigenvalue weighted by molar-refractivity contribution is 7.13. The van der Waals surface area contributed by atoms with Crippen molar-refractivity contribution in [2.75, 3.05) is 31.1 Å². The van der Waals surface area contributed by atoms with Gasteiger partial charge < -0.3 is 14.2 Å². The average Bonchev–Trinajstić information content (AvgIpc) is 3.28. The third kappa shape index (κ3) is 3.30. The lowest BCUT2D eigenvalue weighted by atomic mass is 10.2. The molecule has 1 aromatic carbocycles. The normalized spacial score (nSPS) is 15.9. The lowest BCUT2D eigenvalue weighted by Crippen LogP contribution is -3.13. The van der Waals surface area contributed by atoms with Crippen molar-refractivity contribution < 1.29 is 9.32 Å². The number of nitrogens with one attached hydrogen (secondary N) is 1. The fraction of sp³-hybridized carbons (Fsp3) is 0.278. The van der Waals surface area contributed by atoms with E-state index in [1.54, 1.807) is 16.2 Å². The number of nitrogens with zero attached hydrogens (tertiary/aromatic N) is 2. The number of benzene rings is 1. The largest absolute Gasteiger partial charge is 0.443 e. The van der Waals surface area contributed by atoms with Crippen LogP contribution in [0.3, 0.4) is 0 Å². The second kappa shape index (κ2) is 6.56. The second-order valence-electron chi connectivity index (χ2n) is 5.87. The highest BCUT2D eigenvalue weighted by Gasteiger charge is 2.21. The van der Waals surface area contributed by atoms with Crippen molar-refractivity contribution in [2.24, 2.45) is 0 Å². The SMILES string of the molecule is c1ccc(N2CC[NH+](Cc3coc(-c4cccs4)n3)CC2)cc1. The van der Waals surface area contributed by atoms with Gasteiger partial charge in [0.2, 0.25) is 5.89 Å². The predicted octanol–water partition coefficient (Wildman–Crippen LogP) is 2.31. The van der Waals surface area contributed by atoms with Crippen LogP contribution in [0.1, 0.15) is 5.69 Å². The maximum atomic E-state index is 5.62. The van der Waals surface area contributed by atoms with E-state index in [0.29, 0.717) is 0 Å². The van der Waals surface area contributed by atoms with Gasteiger partial charge in [-0.05, 0) is 23.6 Å². The van der Waals surface area contributed by atoms with Crippen LogP contribution < -0.4 is 9.80 Å². The van der Waals surface area contributed by atoms with E-state index in [-0.39, 0.29) is 0 Å². The zero-order valence-corrected chi connectivity index (χ0v) is 13.8. The molecule has 23 heavy (non-hydrogen) atoms. The van der Waals surface area contributed by atoms with Gasteiger partial charge in [-0.3, -0.25) is 0 Å². The minimum atomic E-state index is 0.748. The van der Waals surface area contributed by atoms with E-state index in [0.717, 1.165) is 49.2 Å². The maximum absolute atomic E-state index is 5.62. The quantitative estimate of drug-likeness (QED) is 0.799. The van der Waals surface area contributed by atoms with Gasteiger partial charge in [0.25, 0.3) is 0 Å². The number of aromatic nitrogens is 1. The third-order valence-electron chi connectivity index (χ3n) is 4.31. The van der Waals surface area contributed by atoms with Crippen molar-refractivity contribution in [1.29, 1.82) is 0 Å². The third-order valence-corrected chi connectivity index (χ3v) is 5.16. The van der Waals surface area contributed by atoms with Gasteiger partial charge in [0.15, 0.2) is 0 Å². The Hall–Kier alpha value is -2.11. The van der Waals surface area contributed by atoms with Gasteiger partial charge >= 0.3 is 0 Å². The molecule has 5 heteroatoms. The molecule has 0 spiro atoms. The summed E-state index contributed by atoms with van der Waals surface area (Å²) in [5.41, 5.74) is 2.38. The van der Waals surface area contributed by atoms with Gasteiger partial charge in [-0.15, -0.1) is 11.3 Å². The fourth-order valence-electron chi connectivity index (χ4n) is 3.05. The summed E-state index contributed by atoms with van der Waals surface area (Å²) in [5.74, 6) is 0.748. The van der Waals surface area contributed by atoms with E-state index < -0.39 is 0 Å². The van der Waals surface area contributed by atoms with Crippen molar-refractivity contribution in [3.05, 3.63) is 59.8 Å². The van der Waals surface area contributed by atoms with Gasteiger partial charge in [-0.2, -0.15) is 0 Å². The molecule has 1 aliphatic rings. The van der Waals surface area contributed by atoms with Crippen LogP contribution in [0.2, 0.25) is 0 Å². The van der Waals surface area contributed by atoms with Gasteiger partial charge in [-0.25, -0.2) is 4.98 Å². The molecule has 1 saturated heterocycles. The standard InChI is InChI=1S/C18H19N3OS/c1-2-5-16(6-3-1)21-10-8-20(9-11-21)13-15-14-22-18(19-15)17-7-4-12-23-17/h1-7,12,14H,8-11,13H2/p+1. The molecule has 0 unspecified atom stereocenters. The van der Waals surface area contributed by atoms with E-state index in [4.69, 9.17) is 4.42 Å². The molecular formula is C18H20N3OS+. The summed E-state index contributed by atoms with van der Waals surface area (Å²) in [6, 6.07) is 14.7. The molecule has 3 heterocycles. The Labute approximate surface area is 140 Å². The molecular weight excluding hydrogens is 306 g/mol. The van der Waals surface area contributed by atoms with Crippen LogP contribution in [0, 0.1) is 0 Å². The molecule has 0 bridgehead atoms. The molecule has 0 amide bonds. The molecule has 3 aromatic rings. The zero-order valence-electron chi connectivity index (χ0n) is 12.9. The first-order valence-electron chi connectivity index (χ1n) is 8.00. The van der Waals surface area contributed by atoms with Crippen LogP contribution in [0.5, 0.6) is 0 Å². The van der Waals surface area contributed by atoms with Crippen molar-refractivity contribution in [3.8, 4) is 10.8 Å². The van der Waals surface area contributed by atoms with Gasteiger partial charge in [-0.1, -0.05) is 24.3 Å². The van der Waals surface area contributed by atoms with Crippen LogP contribution in [0.15, 0.2) is 58.5 Å². The Morgan fingerprint density at radius 1 is 1.09 bits per heavy atom. The van der Waals surface area contributed by atoms with Crippen molar-refractivity contribution >= 4 is 17.0 Å². The summed E-state index contributed by atoms with van der Waals surface area (Å²) in [6.07, 6.45) is 1.81. The van der Waals surface area contributed by atoms with E-state index in [2.05, 4.69) is 40.2 Å². The van der Waals surface area contributed by atoms with Crippen LogP contribution in [0.25, 0.3) is 10.8 Å². The number of quaternary nitrogens is 1. The minimum Gasteiger partial charge on any atom is -0.443 e. The number of hydrogen-bond acceptors (Lipinski definition) is 4. The molecule has 2 aromatic heterocycles. The van der Waals surface area contributed by atoms with Crippen LogP contribution in [0.4, 0.5) is 5.69 Å². The minimum absolute atomic E-state index is 0.748. The summed E-state index contributed by atoms with van der Waals surface area (Å²) in [5, 5.41) is 2.05. The number of para-hydroxylation sites is 1. The first-order chi connectivity index (χ1) is 11.4. The van der Waals surface area contributed by atoms with E-state index >= 15 is 0 Å². The zero-order chi connectivity index (χ0) is 15.5. The number of hydrogen-bond donors (Lipinski definition) is 1. The van der Waals surface area contributed by atoms with Crippen molar-refractivity contribution in [2.45, 2.75) is 6.54 Å². The fourth-order valence-corrected chi connectivity index (χ4v) is 3.71. The highest BCUT2D eigenvalue weighted by Crippen LogP contribution is 2.23. The lowest BCUT2D eigenvalue weighted by Gasteiger charge is -2.33. The molecule has 1 N–H and O–H groups in total. The molecule has 0 atom stereocenters. The Bertz CT molecular complexity index is 731. The van der Waals surface area contributed by atoms with Crippen molar-refractivity contribution in [1.82, 2.24) is 4.98 Å². The summed E-state index contributed by atoms with van der Waals surface area (Å²) in [4.78, 5) is 9.76. The maximum Gasteiger partial charge on any atom is 0.236 e. The predicted molar refractivity (Wildman–Crippen MR) is 92.9 cm³/mol. The highest BCUT2D eigenvalue weighted by atomic mass is 32.1. The van der Waals surface area contributed by atoms with Crippen LogP contribution in [-0.4, -0.2) is 31.2 Å². The van der Waals surface area contributed by atoms with E-state index in [9.17, 15) is 0 Å². The molecule has 1 fully saturated rings. The van der Waals surface area contributed by atoms with Gasteiger partial charge in [0.05, 0.1) is 31.1 Å². The second-order valence-corrected chi connectivity index (χ2v) is 6.82. The smallest absolute Gasteiger partial charge is 0.236 e. The van der Waals surface area contributed by atoms with E-state index in [1.165, 1.54) is 5.69 Å². The Kier molecular flexibility index (Phi) is 4.13. The topological polar surface area (TPSA) is 33.7 Å². The molecule has 118 valence electrons. The Morgan fingerprint density at radius 3 is 2.65 bits per heavy atom.